The smallest absolute Gasteiger partial charge is 0.184 e. The van der Waals surface area contributed by atoms with Gasteiger partial charge in [0.1, 0.15) is 0 Å². The van der Waals surface area contributed by atoms with Gasteiger partial charge in [0.2, 0.25) is 0 Å². The van der Waals surface area contributed by atoms with E-state index in [2.05, 4.69) is 99.8 Å². The number of hydrogen-bond donors (Lipinski definition) is 1. The summed E-state index contributed by atoms with van der Waals surface area (Å²) in [6.07, 6.45) is 4.41. The van der Waals surface area contributed by atoms with Crippen LogP contribution in [-0.2, 0) is 6.54 Å². The summed E-state index contributed by atoms with van der Waals surface area (Å²) in [5.41, 5.74) is 12.3. The first-order valence-corrected chi connectivity index (χ1v) is 9.56. The minimum Gasteiger partial charge on any atom is -0.378 e. The van der Waals surface area contributed by atoms with Crippen molar-refractivity contribution >= 4 is 17.8 Å². The van der Waals surface area contributed by atoms with Crippen LogP contribution in [0.2, 0.25) is 0 Å². The first-order chi connectivity index (χ1) is 12.3. The molecular formula is C23H34N3+. The van der Waals surface area contributed by atoms with Gasteiger partial charge in [0.15, 0.2) is 17.9 Å². The highest BCUT2D eigenvalue weighted by Crippen LogP contribution is 2.20. The maximum Gasteiger partial charge on any atom is 0.184 e. The quantitative estimate of drug-likeness (QED) is 0.749. The van der Waals surface area contributed by atoms with Crippen molar-refractivity contribution in [3.8, 4) is 0 Å². The molecular weight excluding hydrogens is 318 g/mol. The highest BCUT2D eigenvalue weighted by atomic mass is 15.1. The van der Waals surface area contributed by atoms with Crippen molar-refractivity contribution in [1.29, 1.82) is 0 Å². The van der Waals surface area contributed by atoms with Gasteiger partial charge < -0.3 is 10.6 Å². The van der Waals surface area contributed by atoms with Gasteiger partial charge in [-0.05, 0) is 23.3 Å². The monoisotopic (exact) mass is 352 g/mol. The number of hydrogen-bond acceptors (Lipinski definition) is 2. The van der Waals surface area contributed by atoms with Gasteiger partial charge in [-0.2, -0.15) is 4.57 Å². The molecule has 0 bridgehead atoms. The topological polar surface area (TPSA) is 33.1 Å². The highest BCUT2D eigenvalue weighted by molar-refractivity contribution is 5.70. The van der Waals surface area contributed by atoms with E-state index in [1.807, 2.05) is 0 Å². The minimum atomic E-state index is 0.465. The van der Waals surface area contributed by atoms with E-state index in [9.17, 15) is 0 Å². The fourth-order valence-corrected chi connectivity index (χ4v) is 3.20. The molecule has 0 unspecified atom stereocenters. The zero-order valence-corrected chi connectivity index (χ0v) is 17.2. The standard InChI is InChI=1S/C23H34N3/c1-17(2)22-15-20(16-23(18(3)4)26(22)14-13-24)8-7-19-9-11-21(12-10-19)25(5)6/h7-12,15-18H,13-14,24H2,1-6H3/q+1. The van der Waals surface area contributed by atoms with E-state index in [0.29, 0.717) is 18.4 Å². The van der Waals surface area contributed by atoms with E-state index >= 15 is 0 Å². The van der Waals surface area contributed by atoms with Crippen molar-refractivity contribution in [3.63, 3.8) is 0 Å². The molecule has 0 aliphatic carbocycles. The number of nitrogens with zero attached hydrogens (tertiary/aromatic N) is 2. The molecule has 0 saturated carbocycles. The van der Waals surface area contributed by atoms with Crippen molar-refractivity contribution in [1.82, 2.24) is 0 Å². The number of benzene rings is 1. The van der Waals surface area contributed by atoms with Crippen LogP contribution in [-0.4, -0.2) is 20.6 Å². The zero-order chi connectivity index (χ0) is 19.3. The van der Waals surface area contributed by atoms with Gasteiger partial charge in [0, 0.05) is 43.8 Å². The van der Waals surface area contributed by atoms with Crippen molar-refractivity contribution in [3.05, 3.63) is 58.9 Å². The Labute approximate surface area is 159 Å². The van der Waals surface area contributed by atoms with Crippen LogP contribution in [0.4, 0.5) is 5.69 Å². The average molecular weight is 353 g/mol. The lowest BCUT2D eigenvalue weighted by molar-refractivity contribution is -0.710. The molecule has 2 N–H and O–H groups in total. The molecule has 3 nitrogen and oxygen atoms in total. The number of rotatable bonds is 7. The summed E-state index contributed by atoms with van der Waals surface area (Å²) >= 11 is 0. The molecule has 0 saturated heterocycles. The average Bonchev–Trinajstić information content (AvgIpc) is 2.60. The molecule has 0 aliphatic rings. The summed E-state index contributed by atoms with van der Waals surface area (Å²) in [6, 6.07) is 13.2. The van der Waals surface area contributed by atoms with Gasteiger partial charge in [-0.3, -0.25) is 0 Å². The summed E-state index contributed by atoms with van der Waals surface area (Å²) in [5, 5.41) is 0. The van der Waals surface area contributed by atoms with Crippen molar-refractivity contribution < 1.29 is 4.57 Å². The predicted octanol–water partition coefficient (Wildman–Crippen LogP) is 4.42. The summed E-state index contributed by atoms with van der Waals surface area (Å²) in [6.45, 7) is 10.5. The maximum absolute atomic E-state index is 5.87. The Kier molecular flexibility index (Phi) is 6.98. The number of nitrogens with two attached hydrogens (primary N) is 1. The molecule has 2 aromatic rings. The number of anilines is 1. The molecule has 0 radical (unpaired) electrons. The molecule has 1 heterocycles. The molecule has 140 valence electrons. The van der Waals surface area contributed by atoms with E-state index in [1.165, 1.54) is 28.2 Å². The van der Waals surface area contributed by atoms with Crippen LogP contribution in [0, 0.1) is 0 Å². The van der Waals surface area contributed by atoms with Crippen LogP contribution < -0.4 is 15.2 Å². The van der Waals surface area contributed by atoms with Gasteiger partial charge >= 0.3 is 0 Å². The van der Waals surface area contributed by atoms with Gasteiger partial charge in [0.25, 0.3) is 0 Å². The molecule has 26 heavy (non-hydrogen) atoms. The van der Waals surface area contributed by atoms with Crippen LogP contribution in [0.5, 0.6) is 0 Å². The third-order valence-electron chi connectivity index (χ3n) is 4.67. The molecule has 0 aliphatic heterocycles. The van der Waals surface area contributed by atoms with E-state index in [4.69, 9.17) is 5.73 Å². The summed E-state index contributed by atoms with van der Waals surface area (Å²) in [7, 11) is 4.12. The Morgan fingerprint density at radius 3 is 1.81 bits per heavy atom. The van der Waals surface area contributed by atoms with E-state index < -0.39 is 0 Å². The van der Waals surface area contributed by atoms with Crippen LogP contribution in [0.3, 0.4) is 0 Å². The van der Waals surface area contributed by atoms with Crippen LogP contribution >= 0.6 is 0 Å². The largest absolute Gasteiger partial charge is 0.378 e. The lowest BCUT2D eigenvalue weighted by atomic mass is 10.00. The molecule has 0 fully saturated rings. The van der Waals surface area contributed by atoms with Gasteiger partial charge in [-0.25, -0.2) is 0 Å². The predicted molar refractivity (Wildman–Crippen MR) is 114 cm³/mol. The molecule has 0 atom stereocenters. The summed E-state index contributed by atoms with van der Waals surface area (Å²) in [5.74, 6) is 0.929. The Morgan fingerprint density at radius 1 is 0.885 bits per heavy atom. The third kappa shape index (κ3) is 4.95. The zero-order valence-electron chi connectivity index (χ0n) is 17.2. The van der Waals surface area contributed by atoms with E-state index in [-0.39, 0.29) is 0 Å². The lowest BCUT2D eigenvalue weighted by Crippen LogP contribution is -2.46. The SMILES string of the molecule is CC(C)c1cc(/C=C/c2ccc(N(C)C)cc2)cc(C(C)C)[n+]1CCN. The Bertz CT molecular complexity index is 712. The van der Waals surface area contributed by atoms with Crippen LogP contribution in [0.15, 0.2) is 36.4 Å². The first kappa shape index (κ1) is 20.2. The normalized spacial score (nSPS) is 11.7. The third-order valence-corrected chi connectivity index (χ3v) is 4.67. The Balaban J connectivity index is 2.39. The molecule has 3 heteroatoms. The highest BCUT2D eigenvalue weighted by Gasteiger charge is 2.22. The Hall–Kier alpha value is -2.13. The lowest BCUT2D eigenvalue weighted by Gasteiger charge is -2.14. The number of pyridine rings is 1. The second-order valence-electron chi connectivity index (χ2n) is 7.71. The van der Waals surface area contributed by atoms with Crippen molar-refractivity contribution in [2.75, 3.05) is 25.5 Å². The molecule has 2 rings (SSSR count). The molecule has 0 spiro atoms. The molecule has 1 aromatic heterocycles. The second kappa shape index (κ2) is 9.00. The first-order valence-electron chi connectivity index (χ1n) is 9.56. The van der Waals surface area contributed by atoms with Crippen molar-refractivity contribution in [2.45, 2.75) is 46.1 Å². The minimum absolute atomic E-state index is 0.465. The fraction of sp³-hybridized carbons (Fsp3) is 0.435. The van der Waals surface area contributed by atoms with Crippen molar-refractivity contribution in [2.24, 2.45) is 5.73 Å². The maximum atomic E-state index is 5.87. The second-order valence-corrected chi connectivity index (χ2v) is 7.71. The summed E-state index contributed by atoms with van der Waals surface area (Å²) in [4.78, 5) is 2.12. The Morgan fingerprint density at radius 2 is 1.38 bits per heavy atom. The van der Waals surface area contributed by atoms with Gasteiger partial charge in [-0.1, -0.05) is 52.0 Å². The van der Waals surface area contributed by atoms with E-state index in [1.54, 1.807) is 0 Å². The van der Waals surface area contributed by atoms with Gasteiger partial charge in [0.05, 0.1) is 6.54 Å². The number of aromatic nitrogens is 1. The molecule has 1 aromatic carbocycles. The van der Waals surface area contributed by atoms with Crippen LogP contribution in [0.1, 0.15) is 62.0 Å². The van der Waals surface area contributed by atoms with Gasteiger partial charge in [-0.15, -0.1) is 0 Å². The molecule has 0 amide bonds. The van der Waals surface area contributed by atoms with E-state index in [0.717, 1.165) is 6.54 Å². The fourth-order valence-electron chi connectivity index (χ4n) is 3.20. The van der Waals surface area contributed by atoms with Crippen LogP contribution in [0.25, 0.3) is 12.2 Å². The summed E-state index contributed by atoms with van der Waals surface area (Å²) < 4.78 is 2.40.